The van der Waals surface area contributed by atoms with Gasteiger partial charge in [-0.15, -0.1) is 0 Å². The van der Waals surface area contributed by atoms with E-state index in [4.69, 9.17) is 24.8 Å². The summed E-state index contributed by atoms with van der Waals surface area (Å²) in [4.78, 5) is 19.7. The topological polar surface area (TPSA) is 106 Å². The summed E-state index contributed by atoms with van der Waals surface area (Å²) >= 11 is 0. The highest BCUT2D eigenvalue weighted by Gasteiger charge is 2.70. The smallest absolute Gasteiger partial charge is 0.404 e. The van der Waals surface area contributed by atoms with Crippen LogP contribution in [-0.4, -0.2) is 68.4 Å². The normalized spacial score (nSPS) is 33.9. The molecule has 1 aromatic carbocycles. The Morgan fingerprint density at radius 1 is 1.46 bits per heavy atom. The lowest BCUT2D eigenvalue weighted by Gasteiger charge is -2.50. The summed E-state index contributed by atoms with van der Waals surface area (Å²) in [6.45, 7) is 0.540. The standard InChI is InChI=1S/C17H23N3O6/c1-19-12-6-20-11-4-9(7-21)5-13(23-2)14(11)10(8-25-16(18)22)17(24-3,26-20)15(12)19/h4-5,10,12,15,21H,6-8H2,1-3H3,(H2,18,22). The van der Waals surface area contributed by atoms with Crippen LogP contribution < -0.4 is 15.5 Å². The Kier molecular flexibility index (Phi) is 3.99. The van der Waals surface area contributed by atoms with Crippen molar-refractivity contribution in [1.82, 2.24) is 4.90 Å². The van der Waals surface area contributed by atoms with E-state index >= 15 is 0 Å². The third kappa shape index (κ3) is 2.28. The fourth-order valence-corrected chi connectivity index (χ4v) is 4.39. The molecule has 1 aromatic rings. The van der Waals surface area contributed by atoms with Gasteiger partial charge in [-0.2, -0.15) is 0 Å². The SMILES string of the molecule is COc1cc(CO)cc2c1C(COC(N)=O)C1(OC)ON2CC2C1N2C. The Bertz CT molecular complexity index is 743. The fourth-order valence-electron chi connectivity index (χ4n) is 4.39. The first-order chi connectivity index (χ1) is 12.5. The van der Waals surface area contributed by atoms with Gasteiger partial charge in [0, 0.05) is 12.7 Å². The third-order valence-electron chi connectivity index (χ3n) is 5.65. The van der Waals surface area contributed by atoms with Crippen LogP contribution in [0, 0.1) is 0 Å². The number of carbonyl (C=O) groups excluding carboxylic acids is 1. The molecular weight excluding hydrogens is 342 g/mol. The number of nitrogens with two attached hydrogens (primary N) is 1. The molecule has 4 rings (SSSR count). The second-order valence-corrected chi connectivity index (χ2v) is 6.83. The quantitative estimate of drug-likeness (QED) is 0.711. The number of aliphatic hydroxyl groups is 1. The molecule has 2 fully saturated rings. The highest BCUT2D eigenvalue weighted by atomic mass is 16.8. The summed E-state index contributed by atoms with van der Waals surface area (Å²) in [5.41, 5.74) is 7.50. The maximum Gasteiger partial charge on any atom is 0.404 e. The number of ether oxygens (including phenoxy) is 3. The molecule has 2 saturated heterocycles. The van der Waals surface area contributed by atoms with Gasteiger partial charge in [0.15, 0.2) is 0 Å². The molecule has 9 heteroatoms. The van der Waals surface area contributed by atoms with Gasteiger partial charge in [-0.05, 0) is 24.7 Å². The molecule has 0 radical (unpaired) electrons. The molecule has 0 spiro atoms. The molecule has 5 unspecified atom stereocenters. The van der Waals surface area contributed by atoms with Crippen LogP contribution in [-0.2, 0) is 20.9 Å². The maximum atomic E-state index is 11.3. The lowest BCUT2D eigenvalue weighted by atomic mass is 9.82. The fraction of sp³-hybridized carbons (Fsp3) is 0.588. The number of rotatable bonds is 5. The van der Waals surface area contributed by atoms with Crippen molar-refractivity contribution in [3.63, 3.8) is 0 Å². The Labute approximate surface area is 151 Å². The number of primary amides is 1. The van der Waals surface area contributed by atoms with Crippen molar-refractivity contribution < 1.29 is 28.9 Å². The van der Waals surface area contributed by atoms with E-state index in [0.29, 0.717) is 17.9 Å². The van der Waals surface area contributed by atoms with Gasteiger partial charge in [0.25, 0.3) is 0 Å². The zero-order valence-electron chi connectivity index (χ0n) is 15.0. The second kappa shape index (κ2) is 5.98. The largest absolute Gasteiger partial charge is 0.496 e. The van der Waals surface area contributed by atoms with E-state index < -0.39 is 17.8 Å². The maximum absolute atomic E-state index is 11.3. The first-order valence-corrected chi connectivity index (χ1v) is 8.44. The number of hydrogen-bond donors (Lipinski definition) is 2. The van der Waals surface area contributed by atoms with E-state index in [1.165, 1.54) is 0 Å². The Morgan fingerprint density at radius 3 is 2.85 bits per heavy atom. The van der Waals surface area contributed by atoms with Crippen LogP contribution in [0.5, 0.6) is 5.75 Å². The first kappa shape index (κ1) is 17.3. The average molecular weight is 365 g/mol. The molecule has 0 aliphatic carbocycles. The molecule has 3 heterocycles. The van der Waals surface area contributed by atoms with E-state index in [1.807, 2.05) is 13.1 Å². The predicted octanol–water partition coefficient (Wildman–Crippen LogP) is 0.157. The molecule has 26 heavy (non-hydrogen) atoms. The molecule has 3 aliphatic heterocycles. The van der Waals surface area contributed by atoms with Gasteiger partial charge in [0.2, 0.25) is 5.79 Å². The van der Waals surface area contributed by atoms with E-state index in [0.717, 1.165) is 11.3 Å². The van der Waals surface area contributed by atoms with Gasteiger partial charge in [-0.25, -0.2) is 14.7 Å². The number of carbonyl (C=O) groups is 1. The summed E-state index contributed by atoms with van der Waals surface area (Å²) in [5.74, 6) is -0.874. The van der Waals surface area contributed by atoms with Gasteiger partial charge in [0.1, 0.15) is 12.4 Å². The molecule has 0 saturated carbocycles. The number of nitrogens with zero attached hydrogens (tertiary/aromatic N) is 2. The van der Waals surface area contributed by atoms with E-state index in [-0.39, 0.29) is 25.3 Å². The Morgan fingerprint density at radius 2 is 2.23 bits per heavy atom. The monoisotopic (exact) mass is 365 g/mol. The van der Waals surface area contributed by atoms with Gasteiger partial charge < -0.3 is 25.1 Å². The third-order valence-corrected chi connectivity index (χ3v) is 5.65. The molecule has 3 N–H and O–H groups in total. The van der Waals surface area contributed by atoms with E-state index in [9.17, 15) is 9.90 Å². The highest BCUT2D eigenvalue weighted by molar-refractivity contribution is 5.67. The van der Waals surface area contributed by atoms with Crippen molar-refractivity contribution in [1.29, 1.82) is 0 Å². The van der Waals surface area contributed by atoms with Crippen molar-refractivity contribution >= 4 is 11.8 Å². The van der Waals surface area contributed by atoms with Crippen LogP contribution in [0.1, 0.15) is 17.0 Å². The Hall–Kier alpha value is -2.07. The van der Waals surface area contributed by atoms with E-state index in [2.05, 4.69) is 4.90 Å². The number of fused-ring (bicyclic) bond motifs is 6. The molecular formula is C17H23N3O6. The molecule has 2 bridgehead atoms. The molecule has 142 valence electrons. The summed E-state index contributed by atoms with van der Waals surface area (Å²) in [6.07, 6.45) is -0.859. The number of anilines is 1. The molecule has 0 aromatic heterocycles. The molecule has 5 atom stereocenters. The zero-order valence-corrected chi connectivity index (χ0v) is 15.0. The van der Waals surface area contributed by atoms with Gasteiger partial charge in [-0.1, -0.05) is 0 Å². The lowest BCUT2D eigenvalue weighted by Crippen LogP contribution is -2.60. The minimum atomic E-state index is -1.02. The number of aliphatic hydroxyl groups excluding tert-OH is 1. The summed E-state index contributed by atoms with van der Waals surface area (Å²) < 4.78 is 16.6. The molecule has 3 aliphatic rings. The Balaban J connectivity index is 1.88. The molecule has 9 nitrogen and oxygen atoms in total. The van der Waals surface area contributed by atoms with Crippen molar-refractivity contribution in [2.24, 2.45) is 5.73 Å². The summed E-state index contributed by atoms with van der Waals surface area (Å²) in [5, 5.41) is 11.4. The van der Waals surface area contributed by atoms with Crippen LogP contribution in [0.25, 0.3) is 0 Å². The lowest BCUT2D eigenvalue weighted by molar-refractivity contribution is -0.266. The first-order valence-electron chi connectivity index (χ1n) is 8.44. The van der Waals surface area contributed by atoms with Crippen LogP contribution in [0.3, 0.4) is 0 Å². The number of amides is 1. The summed E-state index contributed by atoms with van der Waals surface area (Å²) in [7, 11) is 5.16. The number of benzene rings is 1. The van der Waals surface area contributed by atoms with Crippen LogP contribution in [0.4, 0.5) is 10.5 Å². The number of hydrogen-bond acceptors (Lipinski definition) is 8. The van der Waals surface area contributed by atoms with Gasteiger partial charge in [-0.3, -0.25) is 4.90 Å². The van der Waals surface area contributed by atoms with Crippen molar-refractivity contribution in [2.45, 2.75) is 30.4 Å². The zero-order chi connectivity index (χ0) is 18.6. The highest BCUT2D eigenvalue weighted by Crippen LogP contribution is 2.57. The van der Waals surface area contributed by atoms with E-state index in [1.54, 1.807) is 25.3 Å². The van der Waals surface area contributed by atoms with Crippen molar-refractivity contribution in [3.05, 3.63) is 23.3 Å². The van der Waals surface area contributed by atoms with Crippen LogP contribution >= 0.6 is 0 Å². The van der Waals surface area contributed by atoms with Crippen molar-refractivity contribution in [3.8, 4) is 5.75 Å². The van der Waals surface area contributed by atoms with Crippen molar-refractivity contribution in [2.75, 3.05) is 39.5 Å². The number of methoxy groups -OCH3 is 2. The van der Waals surface area contributed by atoms with Gasteiger partial charge >= 0.3 is 6.09 Å². The number of hydroxylamine groups is 1. The predicted molar refractivity (Wildman–Crippen MR) is 90.7 cm³/mol. The van der Waals surface area contributed by atoms with Gasteiger partial charge in [0.05, 0.1) is 44.0 Å². The average Bonchev–Trinajstić information content (AvgIpc) is 3.30. The van der Waals surface area contributed by atoms with Crippen LogP contribution in [0.15, 0.2) is 12.1 Å². The minimum Gasteiger partial charge on any atom is -0.496 e. The minimum absolute atomic E-state index is 0.00406. The van der Waals surface area contributed by atoms with Crippen LogP contribution in [0.2, 0.25) is 0 Å². The summed E-state index contributed by atoms with van der Waals surface area (Å²) in [6, 6.07) is 3.92. The molecule has 1 amide bonds. The second-order valence-electron chi connectivity index (χ2n) is 6.83. The number of likely N-dealkylation sites (N-methyl/N-ethyl adjacent to an activating group) is 1.